The van der Waals surface area contributed by atoms with Crippen molar-refractivity contribution in [3.8, 4) is 0 Å². The van der Waals surface area contributed by atoms with Gasteiger partial charge in [-0.05, 0) is 27.2 Å². The number of ether oxygens (including phenoxy) is 1. The molecule has 0 aromatic carbocycles. The second kappa shape index (κ2) is 6.82. The van der Waals surface area contributed by atoms with Gasteiger partial charge in [0.15, 0.2) is 0 Å². The Hall–Kier alpha value is -1.20. The molecule has 1 heterocycles. The van der Waals surface area contributed by atoms with E-state index >= 15 is 0 Å². The zero-order valence-corrected chi connectivity index (χ0v) is 12.5. The second-order valence-corrected chi connectivity index (χ2v) is 5.74. The molecule has 0 radical (unpaired) electrons. The molecule has 0 saturated carbocycles. The van der Waals surface area contributed by atoms with Gasteiger partial charge in [0, 0.05) is 25.3 Å². The van der Waals surface area contributed by atoms with Gasteiger partial charge in [-0.3, -0.25) is 4.79 Å². The van der Waals surface area contributed by atoms with Gasteiger partial charge in [-0.25, -0.2) is 4.98 Å². The third kappa shape index (κ3) is 5.53. The Morgan fingerprint density at radius 2 is 2.16 bits per heavy atom. The smallest absolute Gasteiger partial charge is 0.251 e. The summed E-state index contributed by atoms with van der Waals surface area (Å²) in [5.41, 5.74) is 0.606. The molecule has 0 bridgehead atoms. The summed E-state index contributed by atoms with van der Waals surface area (Å²) in [4.78, 5) is 18.9. The van der Waals surface area contributed by atoms with Crippen LogP contribution in [0.3, 0.4) is 0 Å². The molecule has 5 heteroatoms. The first kappa shape index (κ1) is 15.9. The summed E-state index contributed by atoms with van der Waals surface area (Å²) >= 11 is 0. The van der Waals surface area contributed by atoms with Crippen LogP contribution in [-0.4, -0.2) is 22.6 Å². The molecule has 0 aliphatic heterocycles. The predicted octanol–water partition coefficient (Wildman–Crippen LogP) is 2.15. The molecule has 2 N–H and O–H groups in total. The Kier molecular flexibility index (Phi) is 5.69. The Morgan fingerprint density at radius 1 is 1.47 bits per heavy atom. The molecule has 0 spiro atoms. The van der Waals surface area contributed by atoms with Gasteiger partial charge < -0.3 is 15.0 Å². The van der Waals surface area contributed by atoms with Crippen LogP contribution in [0.15, 0.2) is 10.9 Å². The SMILES string of the molecule is CCCC(OC)c1nc(CNC(C)(C)C)cc(=O)[nH]1. The van der Waals surface area contributed by atoms with E-state index in [1.54, 1.807) is 7.11 Å². The number of hydrogen-bond donors (Lipinski definition) is 2. The molecule has 1 atom stereocenters. The molecular formula is C14H25N3O2. The molecule has 5 nitrogen and oxygen atoms in total. The maximum atomic E-state index is 11.7. The lowest BCUT2D eigenvalue weighted by Gasteiger charge is -2.20. The first-order valence-corrected chi connectivity index (χ1v) is 6.73. The number of nitrogens with zero attached hydrogens (tertiary/aromatic N) is 1. The zero-order chi connectivity index (χ0) is 14.5. The standard InChI is InChI=1S/C14H25N3O2/c1-6-7-11(19-5)13-16-10(8-12(18)17-13)9-15-14(2,3)4/h8,11,15H,6-7,9H2,1-5H3,(H,16,17,18). The summed E-state index contributed by atoms with van der Waals surface area (Å²) in [5, 5.41) is 3.33. The summed E-state index contributed by atoms with van der Waals surface area (Å²) in [6.07, 6.45) is 1.68. The molecular weight excluding hydrogens is 242 g/mol. The highest BCUT2D eigenvalue weighted by Gasteiger charge is 2.14. The van der Waals surface area contributed by atoms with Crippen molar-refractivity contribution in [3.63, 3.8) is 0 Å². The molecule has 1 aromatic rings. The summed E-state index contributed by atoms with van der Waals surface area (Å²) < 4.78 is 5.38. The molecule has 0 aliphatic rings. The summed E-state index contributed by atoms with van der Waals surface area (Å²) in [7, 11) is 1.64. The van der Waals surface area contributed by atoms with Gasteiger partial charge in [0.05, 0.1) is 5.69 Å². The van der Waals surface area contributed by atoms with Crippen LogP contribution >= 0.6 is 0 Å². The van der Waals surface area contributed by atoms with E-state index in [1.807, 2.05) is 0 Å². The number of rotatable bonds is 6. The van der Waals surface area contributed by atoms with Gasteiger partial charge in [0.1, 0.15) is 11.9 Å². The van der Waals surface area contributed by atoms with Crippen LogP contribution in [0.2, 0.25) is 0 Å². The summed E-state index contributed by atoms with van der Waals surface area (Å²) in [6.45, 7) is 8.89. The van der Waals surface area contributed by atoms with Crippen LogP contribution < -0.4 is 10.9 Å². The van der Waals surface area contributed by atoms with Gasteiger partial charge in [0.25, 0.3) is 5.56 Å². The molecule has 0 fully saturated rings. The Bertz CT molecular complexity index is 449. The van der Waals surface area contributed by atoms with Gasteiger partial charge >= 0.3 is 0 Å². The maximum Gasteiger partial charge on any atom is 0.251 e. The van der Waals surface area contributed by atoms with Crippen LogP contribution in [0, 0.1) is 0 Å². The van der Waals surface area contributed by atoms with Crippen LogP contribution in [-0.2, 0) is 11.3 Å². The highest BCUT2D eigenvalue weighted by Crippen LogP contribution is 2.17. The van der Waals surface area contributed by atoms with E-state index in [-0.39, 0.29) is 17.2 Å². The monoisotopic (exact) mass is 267 g/mol. The molecule has 1 aromatic heterocycles. The fourth-order valence-electron chi connectivity index (χ4n) is 1.76. The molecule has 0 saturated heterocycles. The van der Waals surface area contributed by atoms with Crippen molar-refractivity contribution < 1.29 is 4.74 Å². The first-order chi connectivity index (χ1) is 8.85. The fraction of sp³-hybridized carbons (Fsp3) is 0.714. The second-order valence-electron chi connectivity index (χ2n) is 5.74. The van der Waals surface area contributed by atoms with Crippen molar-refractivity contribution in [2.24, 2.45) is 0 Å². The average molecular weight is 267 g/mol. The number of H-pyrrole nitrogens is 1. The molecule has 108 valence electrons. The normalized spacial score (nSPS) is 13.5. The van der Waals surface area contributed by atoms with Gasteiger partial charge in [-0.15, -0.1) is 0 Å². The van der Waals surface area contributed by atoms with Crippen LogP contribution in [0.1, 0.15) is 58.2 Å². The van der Waals surface area contributed by atoms with Crippen molar-refractivity contribution in [2.45, 2.75) is 58.7 Å². The summed E-state index contributed by atoms with van der Waals surface area (Å²) in [6, 6.07) is 1.53. The van der Waals surface area contributed by atoms with E-state index in [4.69, 9.17) is 4.74 Å². The van der Waals surface area contributed by atoms with E-state index in [9.17, 15) is 4.79 Å². The van der Waals surface area contributed by atoms with Crippen molar-refractivity contribution in [1.29, 1.82) is 0 Å². The van der Waals surface area contributed by atoms with E-state index < -0.39 is 0 Å². The largest absolute Gasteiger partial charge is 0.374 e. The number of aromatic amines is 1. The molecule has 1 rings (SSSR count). The van der Waals surface area contributed by atoms with Gasteiger partial charge in [0.2, 0.25) is 0 Å². The quantitative estimate of drug-likeness (QED) is 0.828. The van der Waals surface area contributed by atoms with Crippen molar-refractivity contribution >= 4 is 0 Å². The number of hydrogen-bond acceptors (Lipinski definition) is 4. The van der Waals surface area contributed by atoms with Gasteiger partial charge in [-0.2, -0.15) is 0 Å². The Morgan fingerprint density at radius 3 is 2.68 bits per heavy atom. The average Bonchev–Trinajstić information content (AvgIpc) is 2.32. The lowest BCUT2D eigenvalue weighted by molar-refractivity contribution is 0.0871. The third-order valence-corrected chi connectivity index (χ3v) is 2.75. The van der Waals surface area contributed by atoms with E-state index in [2.05, 4.69) is 43.0 Å². The van der Waals surface area contributed by atoms with Crippen molar-refractivity contribution in [1.82, 2.24) is 15.3 Å². The highest BCUT2D eigenvalue weighted by atomic mass is 16.5. The van der Waals surface area contributed by atoms with E-state index in [0.717, 1.165) is 18.5 Å². The lowest BCUT2D eigenvalue weighted by atomic mass is 10.1. The Labute approximate surface area is 114 Å². The van der Waals surface area contributed by atoms with E-state index in [0.29, 0.717) is 12.4 Å². The topological polar surface area (TPSA) is 67.0 Å². The summed E-state index contributed by atoms with van der Waals surface area (Å²) in [5.74, 6) is 0.613. The van der Waals surface area contributed by atoms with Gasteiger partial charge in [-0.1, -0.05) is 13.3 Å². The van der Waals surface area contributed by atoms with E-state index in [1.165, 1.54) is 6.07 Å². The fourth-order valence-corrected chi connectivity index (χ4v) is 1.76. The minimum absolute atomic E-state index is 0.00543. The predicted molar refractivity (Wildman–Crippen MR) is 76.1 cm³/mol. The third-order valence-electron chi connectivity index (χ3n) is 2.75. The number of nitrogens with one attached hydrogen (secondary N) is 2. The first-order valence-electron chi connectivity index (χ1n) is 6.73. The minimum Gasteiger partial charge on any atom is -0.374 e. The van der Waals surface area contributed by atoms with Crippen LogP contribution in [0.25, 0.3) is 0 Å². The molecule has 1 unspecified atom stereocenters. The minimum atomic E-state index is -0.146. The number of methoxy groups -OCH3 is 1. The van der Waals surface area contributed by atoms with Crippen molar-refractivity contribution in [2.75, 3.05) is 7.11 Å². The van der Waals surface area contributed by atoms with Crippen LogP contribution in [0.4, 0.5) is 0 Å². The maximum absolute atomic E-state index is 11.7. The highest BCUT2D eigenvalue weighted by molar-refractivity contribution is 5.05. The zero-order valence-electron chi connectivity index (χ0n) is 12.5. The van der Waals surface area contributed by atoms with Crippen molar-refractivity contribution in [3.05, 3.63) is 27.9 Å². The molecule has 0 amide bonds. The molecule has 19 heavy (non-hydrogen) atoms. The van der Waals surface area contributed by atoms with Crippen LogP contribution in [0.5, 0.6) is 0 Å². The number of aromatic nitrogens is 2. The lowest BCUT2D eigenvalue weighted by Crippen LogP contribution is -2.35. The Balaban J connectivity index is 2.90. The molecule has 0 aliphatic carbocycles.